The highest BCUT2D eigenvalue weighted by Crippen LogP contribution is 2.17. The molecule has 94 valence electrons. The molecular formula is C13H18BrNO2. The molecule has 1 aromatic carbocycles. The third kappa shape index (κ3) is 4.13. The number of hydrogen-bond donors (Lipinski definition) is 1. The van der Waals surface area contributed by atoms with Crippen LogP contribution in [0.4, 0.5) is 0 Å². The molecule has 0 aliphatic carbocycles. The molecule has 0 radical (unpaired) electrons. The second-order valence-corrected chi connectivity index (χ2v) is 5.65. The fourth-order valence-electron chi connectivity index (χ4n) is 1.61. The first-order valence-electron chi connectivity index (χ1n) is 5.43. The van der Waals surface area contributed by atoms with Crippen molar-refractivity contribution < 1.29 is 9.53 Å². The molecule has 0 bridgehead atoms. The van der Waals surface area contributed by atoms with E-state index in [-0.39, 0.29) is 11.4 Å². The Morgan fingerprint density at radius 3 is 2.71 bits per heavy atom. The SMILES string of the molecule is COCC(C)(C)NC(=O)c1cc(Br)ccc1C. The summed E-state index contributed by atoms with van der Waals surface area (Å²) < 4.78 is 5.97. The topological polar surface area (TPSA) is 38.3 Å². The van der Waals surface area contributed by atoms with E-state index in [0.717, 1.165) is 10.0 Å². The number of hydrogen-bond acceptors (Lipinski definition) is 2. The van der Waals surface area contributed by atoms with E-state index in [9.17, 15) is 4.79 Å². The minimum Gasteiger partial charge on any atom is -0.382 e. The van der Waals surface area contributed by atoms with Crippen molar-refractivity contribution >= 4 is 21.8 Å². The highest BCUT2D eigenvalue weighted by molar-refractivity contribution is 9.10. The predicted molar refractivity (Wildman–Crippen MR) is 72.3 cm³/mol. The highest BCUT2D eigenvalue weighted by Gasteiger charge is 2.21. The molecule has 0 fully saturated rings. The van der Waals surface area contributed by atoms with Crippen LogP contribution in [0.2, 0.25) is 0 Å². The number of rotatable bonds is 4. The first-order valence-corrected chi connectivity index (χ1v) is 6.22. The molecule has 1 rings (SSSR count). The molecule has 0 saturated heterocycles. The van der Waals surface area contributed by atoms with Gasteiger partial charge in [0.15, 0.2) is 0 Å². The van der Waals surface area contributed by atoms with Gasteiger partial charge in [0, 0.05) is 17.1 Å². The Kier molecular flexibility index (Phi) is 4.71. The number of halogens is 1. The molecule has 0 spiro atoms. The average Bonchev–Trinajstić information content (AvgIpc) is 2.20. The van der Waals surface area contributed by atoms with Crippen LogP contribution < -0.4 is 5.32 Å². The van der Waals surface area contributed by atoms with Crippen LogP contribution >= 0.6 is 15.9 Å². The molecule has 0 saturated carbocycles. The van der Waals surface area contributed by atoms with Crippen LogP contribution in [0.1, 0.15) is 29.8 Å². The first kappa shape index (κ1) is 14.2. The summed E-state index contributed by atoms with van der Waals surface area (Å²) in [6.07, 6.45) is 0. The van der Waals surface area contributed by atoms with Gasteiger partial charge in [-0.1, -0.05) is 22.0 Å². The van der Waals surface area contributed by atoms with E-state index in [1.54, 1.807) is 7.11 Å². The van der Waals surface area contributed by atoms with Crippen molar-refractivity contribution in [3.05, 3.63) is 33.8 Å². The Bertz CT molecular complexity index is 416. The van der Waals surface area contributed by atoms with Crippen LogP contribution in [0.5, 0.6) is 0 Å². The van der Waals surface area contributed by atoms with Crippen molar-refractivity contribution in [2.24, 2.45) is 0 Å². The number of amides is 1. The fraction of sp³-hybridized carbons (Fsp3) is 0.462. The Balaban J connectivity index is 2.86. The van der Waals surface area contributed by atoms with Crippen LogP contribution in [0.15, 0.2) is 22.7 Å². The summed E-state index contributed by atoms with van der Waals surface area (Å²) in [6, 6.07) is 5.67. The molecule has 0 aliphatic heterocycles. The number of aryl methyl sites for hydroxylation is 1. The quantitative estimate of drug-likeness (QED) is 0.928. The zero-order valence-corrected chi connectivity index (χ0v) is 12.2. The maximum Gasteiger partial charge on any atom is 0.252 e. The number of methoxy groups -OCH3 is 1. The van der Waals surface area contributed by atoms with E-state index >= 15 is 0 Å². The molecule has 1 aromatic rings. The van der Waals surface area contributed by atoms with Gasteiger partial charge in [0.1, 0.15) is 0 Å². The van der Waals surface area contributed by atoms with Crippen LogP contribution in [0.3, 0.4) is 0 Å². The van der Waals surface area contributed by atoms with E-state index in [4.69, 9.17) is 4.74 Å². The van der Waals surface area contributed by atoms with E-state index in [2.05, 4.69) is 21.2 Å². The minimum atomic E-state index is -0.374. The molecule has 0 atom stereocenters. The van der Waals surface area contributed by atoms with Gasteiger partial charge in [-0.05, 0) is 38.5 Å². The third-order valence-electron chi connectivity index (χ3n) is 2.40. The summed E-state index contributed by atoms with van der Waals surface area (Å²) in [7, 11) is 1.62. The second-order valence-electron chi connectivity index (χ2n) is 4.73. The Labute approximate surface area is 111 Å². The van der Waals surface area contributed by atoms with Gasteiger partial charge >= 0.3 is 0 Å². The van der Waals surface area contributed by atoms with Gasteiger partial charge in [0.05, 0.1) is 12.1 Å². The van der Waals surface area contributed by atoms with Gasteiger partial charge in [0.2, 0.25) is 0 Å². The summed E-state index contributed by atoms with van der Waals surface area (Å²) in [6.45, 7) is 6.26. The van der Waals surface area contributed by atoms with Crippen LogP contribution in [0, 0.1) is 6.92 Å². The molecule has 0 heterocycles. The van der Waals surface area contributed by atoms with Crippen LogP contribution in [-0.2, 0) is 4.74 Å². The molecule has 1 amide bonds. The van der Waals surface area contributed by atoms with Gasteiger partial charge in [-0.15, -0.1) is 0 Å². The van der Waals surface area contributed by atoms with Crippen molar-refractivity contribution in [1.29, 1.82) is 0 Å². The number of benzene rings is 1. The van der Waals surface area contributed by atoms with E-state index < -0.39 is 0 Å². The van der Waals surface area contributed by atoms with Crippen molar-refractivity contribution in [3.63, 3.8) is 0 Å². The summed E-state index contributed by atoms with van der Waals surface area (Å²) in [5, 5.41) is 2.96. The number of carbonyl (C=O) groups excluding carboxylic acids is 1. The zero-order valence-electron chi connectivity index (χ0n) is 10.6. The van der Waals surface area contributed by atoms with Crippen molar-refractivity contribution in [1.82, 2.24) is 5.32 Å². The second kappa shape index (κ2) is 5.65. The molecule has 4 heteroatoms. The van der Waals surface area contributed by atoms with Crippen molar-refractivity contribution in [3.8, 4) is 0 Å². The van der Waals surface area contributed by atoms with E-state index in [0.29, 0.717) is 12.2 Å². The Hall–Kier alpha value is -0.870. The highest BCUT2D eigenvalue weighted by atomic mass is 79.9. The lowest BCUT2D eigenvalue weighted by Crippen LogP contribution is -2.46. The van der Waals surface area contributed by atoms with Crippen molar-refractivity contribution in [2.45, 2.75) is 26.3 Å². The first-order chi connectivity index (χ1) is 7.85. The summed E-state index contributed by atoms with van der Waals surface area (Å²) >= 11 is 3.37. The van der Waals surface area contributed by atoms with Crippen LogP contribution in [0.25, 0.3) is 0 Å². The molecule has 17 heavy (non-hydrogen) atoms. The van der Waals surface area contributed by atoms with Gasteiger partial charge < -0.3 is 10.1 Å². The summed E-state index contributed by atoms with van der Waals surface area (Å²) in [5.41, 5.74) is 1.27. The van der Waals surface area contributed by atoms with E-state index in [1.165, 1.54) is 0 Å². The standard InChI is InChI=1S/C13H18BrNO2/c1-9-5-6-10(14)7-11(9)12(16)15-13(2,3)8-17-4/h5-7H,8H2,1-4H3,(H,15,16). The van der Waals surface area contributed by atoms with Gasteiger partial charge in [-0.3, -0.25) is 4.79 Å². The monoisotopic (exact) mass is 299 g/mol. The van der Waals surface area contributed by atoms with Crippen molar-refractivity contribution in [2.75, 3.05) is 13.7 Å². The zero-order chi connectivity index (χ0) is 13.1. The molecular weight excluding hydrogens is 282 g/mol. The molecule has 1 N–H and O–H groups in total. The van der Waals surface area contributed by atoms with Gasteiger partial charge in [0.25, 0.3) is 5.91 Å². The molecule has 3 nitrogen and oxygen atoms in total. The largest absolute Gasteiger partial charge is 0.382 e. The maximum atomic E-state index is 12.1. The lowest BCUT2D eigenvalue weighted by molar-refractivity contribution is 0.0819. The smallest absolute Gasteiger partial charge is 0.252 e. The molecule has 0 aromatic heterocycles. The van der Waals surface area contributed by atoms with Gasteiger partial charge in [-0.25, -0.2) is 0 Å². The minimum absolute atomic E-state index is 0.0779. The number of carbonyl (C=O) groups is 1. The fourth-order valence-corrected chi connectivity index (χ4v) is 1.97. The molecule has 0 aliphatic rings. The summed E-state index contributed by atoms with van der Waals surface area (Å²) in [5.74, 6) is -0.0779. The third-order valence-corrected chi connectivity index (χ3v) is 2.89. The Morgan fingerprint density at radius 2 is 2.12 bits per heavy atom. The average molecular weight is 300 g/mol. The van der Waals surface area contributed by atoms with Gasteiger partial charge in [-0.2, -0.15) is 0 Å². The molecule has 0 unspecified atom stereocenters. The number of nitrogens with one attached hydrogen (secondary N) is 1. The summed E-state index contributed by atoms with van der Waals surface area (Å²) in [4.78, 5) is 12.1. The maximum absolute atomic E-state index is 12.1. The predicted octanol–water partition coefficient (Wildman–Crippen LogP) is 2.91. The van der Waals surface area contributed by atoms with Crippen LogP contribution in [-0.4, -0.2) is 25.2 Å². The van der Waals surface area contributed by atoms with E-state index in [1.807, 2.05) is 39.0 Å². The normalized spacial score (nSPS) is 11.4. The lowest BCUT2D eigenvalue weighted by Gasteiger charge is -2.25. The Morgan fingerprint density at radius 1 is 1.47 bits per heavy atom. The number of ether oxygens (including phenoxy) is 1. The lowest BCUT2D eigenvalue weighted by atomic mass is 10.0.